The van der Waals surface area contributed by atoms with E-state index in [1.54, 1.807) is 11.3 Å². The van der Waals surface area contributed by atoms with Gasteiger partial charge in [0.05, 0.1) is 11.5 Å². The van der Waals surface area contributed by atoms with Crippen LogP contribution < -0.4 is 19.9 Å². The molecule has 0 aliphatic rings. The SMILES string of the molecule is CCCCCCCCCCOc1cc(NC(=O)Nc2cccc(C[n+]3csc(C)c3)c2)ccc1C(C)(C)C. The molecular weight excluding hydrogens is 490 g/mol. The number of thiazole rings is 1. The van der Waals surface area contributed by atoms with E-state index >= 15 is 0 Å². The number of aryl methyl sites for hydroxylation is 1. The van der Waals surface area contributed by atoms with Crippen LogP contribution in [0.1, 0.15) is 95.1 Å². The molecule has 0 bridgehead atoms. The van der Waals surface area contributed by atoms with E-state index in [4.69, 9.17) is 4.74 Å². The number of nitrogens with zero attached hydrogens (tertiary/aromatic N) is 1. The predicted molar refractivity (Wildman–Crippen MR) is 161 cm³/mol. The minimum absolute atomic E-state index is 0.0468. The zero-order chi connectivity index (χ0) is 27.4. The lowest BCUT2D eigenvalue weighted by Gasteiger charge is -2.23. The van der Waals surface area contributed by atoms with Gasteiger partial charge in [-0.1, -0.05) is 102 Å². The van der Waals surface area contributed by atoms with Crippen LogP contribution in [0.3, 0.4) is 0 Å². The van der Waals surface area contributed by atoms with Crippen LogP contribution in [0.15, 0.2) is 54.2 Å². The van der Waals surface area contributed by atoms with Gasteiger partial charge >= 0.3 is 6.03 Å². The van der Waals surface area contributed by atoms with Crippen molar-refractivity contribution < 1.29 is 14.1 Å². The van der Waals surface area contributed by atoms with Gasteiger partial charge in [-0.05, 0) is 42.5 Å². The fourth-order valence-electron chi connectivity index (χ4n) is 4.54. The van der Waals surface area contributed by atoms with E-state index in [-0.39, 0.29) is 11.4 Å². The minimum Gasteiger partial charge on any atom is -0.493 e. The van der Waals surface area contributed by atoms with Crippen molar-refractivity contribution in [2.24, 2.45) is 0 Å². The van der Waals surface area contributed by atoms with Crippen molar-refractivity contribution in [3.05, 3.63) is 70.2 Å². The molecule has 0 saturated heterocycles. The number of carbonyl (C=O) groups is 1. The summed E-state index contributed by atoms with van der Waals surface area (Å²) in [5.41, 5.74) is 5.84. The molecule has 0 aliphatic heterocycles. The summed E-state index contributed by atoms with van der Waals surface area (Å²) in [6.45, 7) is 12.4. The number of rotatable bonds is 14. The second kappa shape index (κ2) is 14.9. The highest BCUT2D eigenvalue weighted by Gasteiger charge is 2.20. The lowest BCUT2D eigenvalue weighted by molar-refractivity contribution is -0.683. The Morgan fingerprint density at radius 1 is 0.921 bits per heavy atom. The molecule has 3 aromatic rings. The fraction of sp³-hybridized carbons (Fsp3) is 0.500. The maximum atomic E-state index is 12.8. The van der Waals surface area contributed by atoms with E-state index in [2.05, 4.69) is 73.7 Å². The standard InChI is InChI=1S/C32H45N3O2S/c1-6-7-8-9-10-11-12-13-19-37-30-21-28(17-18-29(30)32(3,4)5)34-31(36)33-27-16-14-15-26(20-27)23-35-22-25(2)38-24-35/h14-18,20-22,24H,6-13,19,23H2,1-5H3,(H-,33,34,36)/p+1. The summed E-state index contributed by atoms with van der Waals surface area (Å²) in [5, 5.41) is 5.96. The first-order chi connectivity index (χ1) is 18.2. The third-order valence-corrected chi connectivity index (χ3v) is 7.43. The molecule has 0 spiro atoms. The average Bonchev–Trinajstić information content (AvgIpc) is 3.26. The molecule has 0 radical (unpaired) electrons. The van der Waals surface area contributed by atoms with Gasteiger partial charge in [0.2, 0.25) is 5.51 Å². The first kappa shape index (κ1) is 29.7. The monoisotopic (exact) mass is 536 g/mol. The van der Waals surface area contributed by atoms with Crippen molar-refractivity contribution in [3.63, 3.8) is 0 Å². The number of unbranched alkanes of at least 4 members (excludes halogenated alkanes) is 7. The number of anilines is 2. The Balaban J connectivity index is 1.54. The number of urea groups is 1. The molecule has 0 unspecified atom stereocenters. The minimum atomic E-state index is -0.265. The third kappa shape index (κ3) is 10.1. The van der Waals surface area contributed by atoms with Crippen LogP contribution in [0.4, 0.5) is 16.2 Å². The van der Waals surface area contributed by atoms with Crippen LogP contribution in [0.25, 0.3) is 0 Å². The second-order valence-corrected chi connectivity index (χ2v) is 12.3. The van der Waals surface area contributed by atoms with Gasteiger partial charge in [0.25, 0.3) is 0 Å². The fourth-order valence-corrected chi connectivity index (χ4v) is 5.17. The number of aromatic nitrogens is 1. The number of hydrogen-bond acceptors (Lipinski definition) is 3. The van der Waals surface area contributed by atoms with Crippen LogP contribution in [-0.4, -0.2) is 12.6 Å². The van der Waals surface area contributed by atoms with Crippen molar-refractivity contribution in [2.45, 2.75) is 97.9 Å². The molecular formula is C32H46N3O2S+. The molecule has 1 aromatic heterocycles. The molecule has 0 atom stereocenters. The quantitative estimate of drug-likeness (QED) is 0.160. The molecule has 6 heteroatoms. The highest BCUT2D eigenvalue weighted by molar-refractivity contribution is 7.09. The molecule has 2 amide bonds. The second-order valence-electron chi connectivity index (χ2n) is 11.2. The Labute approximate surface area is 233 Å². The van der Waals surface area contributed by atoms with E-state index in [1.165, 1.54) is 49.8 Å². The Morgan fingerprint density at radius 3 is 2.26 bits per heavy atom. The maximum Gasteiger partial charge on any atom is 0.323 e. The summed E-state index contributed by atoms with van der Waals surface area (Å²) in [5.74, 6) is 0.850. The number of carbonyl (C=O) groups excluding carboxylic acids is 1. The smallest absolute Gasteiger partial charge is 0.323 e. The summed E-state index contributed by atoms with van der Waals surface area (Å²) < 4.78 is 8.41. The summed E-state index contributed by atoms with van der Waals surface area (Å²) in [6.07, 6.45) is 12.3. The molecule has 1 heterocycles. The number of ether oxygens (including phenoxy) is 1. The number of nitrogens with one attached hydrogen (secondary N) is 2. The molecule has 2 N–H and O–H groups in total. The lowest BCUT2D eigenvalue weighted by Crippen LogP contribution is -2.30. The van der Waals surface area contributed by atoms with Gasteiger partial charge in [-0.15, -0.1) is 0 Å². The van der Waals surface area contributed by atoms with Gasteiger partial charge in [-0.3, -0.25) is 0 Å². The van der Waals surface area contributed by atoms with Crippen LogP contribution in [0, 0.1) is 6.92 Å². The van der Waals surface area contributed by atoms with Gasteiger partial charge in [-0.2, -0.15) is 4.57 Å². The van der Waals surface area contributed by atoms with Crippen LogP contribution in [0.5, 0.6) is 5.75 Å². The largest absolute Gasteiger partial charge is 0.493 e. The zero-order valence-corrected chi connectivity index (χ0v) is 24.8. The topological polar surface area (TPSA) is 54.2 Å². The van der Waals surface area contributed by atoms with Gasteiger partial charge in [-0.25, -0.2) is 4.79 Å². The highest BCUT2D eigenvalue weighted by atomic mass is 32.1. The molecule has 0 saturated carbocycles. The molecule has 0 aliphatic carbocycles. The highest BCUT2D eigenvalue weighted by Crippen LogP contribution is 2.34. The first-order valence-corrected chi connectivity index (χ1v) is 15.0. The molecule has 206 valence electrons. The Bertz CT molecular complexity index is 1150. The summed E-state index contributed by atoms with van der Waals surface area (Å²) in [6, 6.07) is 13.7. The van der Waals surface area contributed by atoms with Gasteiger partial charge in [0.1, 0.15) is 5.75 Å². The molecule has 0 fully saturated rings. The zero-order valence-electron chi connectivity index (χ0n) is 23.9. The summed E-state index contributed by atoms with van der Waals surface area (Å²) >= 11 is 1.73. The van der Waals surface area contributed by atoms with E-state index in [9.17, 15) is 4.79 Å². The number of hydrogen-bond donors (Lipinski definition) is 2. The lowest BCUT2D eigenvalue weighted by atomic mass is 9.86. The van der Waals surface area contributed by atoms with E-state index in [0.717, 1.165) is 41.2 Å². The van der Waals surface area contributed by atoms with Crippen LogP contribution in [0.2, 0.25) is 0 Å². The van der Waals surface area contributed by atoms with Crippen molar-refractivity contribution in [1.29, 1.82) is 0 Å². The van der Waals surface area contributed by atoms with Gasteiger partial charge < -0.3 is 15.4 Å². The number of amides is 2. The van der Waals surface area contributed by atoms with E-state index in [0.29, 0.717) is 6.61 Å². The normalized spacial score (nSPS) is 11.4. The molecule has 5 nitrogen and oxygen atoms in total. The molecule has 38 heavy (non-hydrogen) atoms. The van der Waals surface area contributed by atoms with E-state index < -0.39 is 0 Å². The van der Waals surface area contributed by atoms with Crippen LogP contribution >= 0.6 is 11.3 Å². The van der Waals surface area contributed by atoms with Crippen molar-refractivity contribution in [3.8, 4) is 5.75 Å². The molecule has 2 aromatic carbocycles. The van der Waals surface area contributed by atoms with Gasteiger partial charge in [0.15, 0.2) is 12.7 Å². The van der Waals surface area contributed by atoms with Crippen molar-refractivity contribution in [2.75, 3.05) is 17.2 Å². The van der Waals surface area contributed by atoms with Crippen LogP contribution in [-0.2, 0) is 12.0 Å². The van der Waals surface area contributed by atoms with Crippen molar-refractivity contribution in [1.82, 2.24) is 0 Å². The summed E-state index contributed by atoms with van der Waals surface area (Å²) in [4.78, 5) is 14.1. The van der Waals surface area contributed by atoms with Crippen molar-refractivity contribution >= 4 is 28.7 Å². The van der Waals surface area contributed by atoms with E-state index in [1.807, 2.05) is 30.3 Å². The average molecular weight is 537 g/mol. The predicted octanol–water partition coefficient (Wildman–Crippen LogP) is 8.85. The first-order valence-electron chi connectivity index (χ1n) is 14.1. The van der Waals surface area contributed by atoms with Gasteiger partial charge in [0, 0.05) is 23.0 Å². The summed E-state index contributed by atoms with van der Waals surface area (Å²) in [7, 11) is 0. The Hall–Kier alpha value is -2.86. The number of benzene rings is 2. The molecule has 3 rings (SSSR count). The third-order valence-electron chi connectivity index (χ3n) is 6.57. The Morgan fingerprint density at radius 2 is 1.61 bits per heavy atom. The maximum absolute atomic E-state index is 12.8. The Kier molecular flexibility index (Phi) is 11.7.